The van der Waals surface area contributed by atoms with Crippen molar-refractivity contribution in [2.45, 2.75) is 13.0 Å². The van der Waals surface area contributed by atoms with Crippen LogP contribution in [-0.4, -0.2) is 32.0 Å². The van der Waals surface area contributed by atoms with Crippen molar-refractivity contribution in [1.29, 1.82) is 0 Å². The fourth-order valence-corrected chi connectivity index (χ4v) is 1.49. The molecule has 0 unspecified atom stereocenters. The number of anilines is 1. The normalized spacial score (nSPS) is 11.1. The van der Waals surface area contributed by atoms with E-state index >= 15 is 0 Å². The van der Waals surface area contributed by atoms with Crippen LogP contribution in [0, 0.1) is 0 Å². The Hall–Kier alpha value is -1.36. The van der Waals surface area contributed by atoms with E-state index in [2.05, 4.69) is 0 Å². The third-order valence-electron chi connectivity index (χ3n) is 2.20. The Morgan fingerprint density at radius 1 is 1.44 bits per heavy atom. The standard InChI is InChI=1S/C11H16F2N2O/c1-15(7-11(12)13)6-8-3-4-10(16-2)9(14)5-8/h3-5,11H,6-7,14H2,1-2H3. The van der Waals surface area contributed by atoms with Gasteiger partial charge in [0.15, 0.2) is 0 Å². The van der Waals surface area contributed by atoms with Crippen molar-refractivity contribution in [3.8, 4) is 5.75 Å². The molecule has 0 heterocycles. The summed E-state index contributed by atoms with van der Waals surface area (Å²) in [5.41, 5.74) is 7.13. The van der Waals surface area contributed by atoms with Gasteiger partial charge in [0.25, 0.3) is 6.43 Å². The van der Waals surface area contributed by atoms with Crippen molar-refractivity contribution >= 4 is 5.69 Å². The van der Waals surface area contributed by atoms with Gasteiger partial charge in [-0.25, -0.2) is 8.78 Å². The number of hydrogen-bond donors (Lipinski definition) is 1. The van der Waals surface area contributed by atoms with Crippen LogP contribution in [-0.2, 0) is 6.54 Å². The van der Waals surface area contributed by atoms with Crippen molar-refractivity contribution in [3.63, 3.8) is 0 Å². The first-order chi connectivity index (χ1) is 7.52. The Kier molecular flexibility index (Phi) is 4.49. The highest BCUT2D eigenvalue weighted by Crippen LogP contribution is 2.22. The summed E-state index contributed by atoms with van der Waals surface area (Å²) in [6.07, 6.45) is -2.32. The molecule has 1 aromatic rings. The molecule has 0 aromatic heterocycles. The summed E-state index contributed by atoms with van der Waals surface area (Å²) in [6.45, 7) is 0.199. The van der Waals surface area contributed by atoms with Gasteiger partial charge in [-0.05, 0) is 24.7 Å². The first kappa shape index (κ1) is 12.7. The Bertz CT molecular complexity index is 345. The summed E-state index contributed by atoms with van der Waals surface area (Å²) in [5, 5.41) is 0. The van der Waals surface area contributed by atoms with Gasteiger partial charge < -0.3 is 10.5 Å². The maximum absolute atomic E-state index is 12.1. The van der Waals surface area contributed by atoms with E-state index in [-0.39, 0.29) is 6.54 Å². The van der Waals surface area contributed by atoms with Gasteiger partial charge in [-0.3, -0.25) is 4.90 Å². The molecule has 0 spiro atoms. The number of methoxy groups -OCH3 is 1. The quantitative estimate of drug-likeness (QED) is 0.786. The van der Waals surface area contributed by atoms with Crippen LogP contribution in [0.4, 0.5) is 14.5 Å². The zero-order valence-electron chi connectivity index (χ0n) is 9.41. The summed E-state index contributed by atoms with van der Waals surface area (Å²) < 4.78 is 29.2. The second-order valence-electron chi connectivity index (χ2n) is 3.66. The second-order valence-corrected chi connectivity index (χ2v) is 3.66. The molecule has 0 fully saturated rings. The van der Waals surface area contributed by atoms with Gasteiger partial charge in [0.05, 0.1) is 19.3 Å². The van der Waals surface area contributed by atoms with Crippen molar-refractivity contribution in [2.24, 2.45) is 0 Å². The number of hydrogen-bond acceptors (Lipinski definition) is 3. The smallest absolute Gasteiger partial charge is 0.251 e. The van der Waals surface area contributed by atoms with Crippen molar-refractivity contribution in [1.82, 2.24) is 4.90 Å². The monoisotopic (exact) mass is 230 g/mol. The number of halogens is 2. The zero-order chi connectivity index (χ0) is 12.1. The first-order valence-electron chi connectivity index (χ1n) is 4.92. The maximum Gasteiger partial charge on any atom is 0.251 e. The Labute approximate surface area is 93.8 Å². The molecule has 3 nitrogen and oxygen atoms in total. The van der Waals surface area contributed by atoms with E-state index in [1.165, 1.54) is 7.11 Å². The Morgan fingerprint density at radius 2 is 2.12 bits per heavy atom. The average Bonchev–Trinajstić information content (AvgIpc) is 2.16. The molecule has 2 N–H and O–H groups in total. The van der Waals surface area contributed by atoms with Gasteiger partial charge in [-0.15, -0.1) is 0 Å². The zero-order valence-corrected chi connectivity index (χ0v) is 9.41. The van der Waals surface area contributed by atoms with Gasteiger partial charge in [0.1, 0.15) is 5.75 Å². The third kappa shape index (κ3) is 3.66. The lowest BCUT2D eigenvalue weighted by Gasteiger charge is -2.16. The number of benzene rings is 1. The van der Waals surface area contributed by atoms with Crippen LogP contribution in [0.25, 0.3) is 0 Å². The number of rotatable bonds is 5. The van der Waals surface area contributed by atoms with Crippen LogP contribution in [0.1, 0.15) is 5.56 Å². The lowest BCUT2D eigenvalue weighted by atomic mass is 10.2. The van der Waals surface area contributed by atoms with E-state index in [1.54, 1.807) is 24.1 Å². The second kappa shape index (κ2) is 5.65. The van der Waals surface area contributed by atoms with E-state index in [0.717, 1.165) is 5.56 Å². The van der Waals surface area contributed by atoms with Crippen LogP contribution in [0.5, 0.6) is 5.75 Å². The summed E-state index contributed by atoms with van der Waals surface area (Å²) in [6, 6.07) is 5.29. The van der Waals surface area contributed by atoms with Gasteiger partial charge in [0.2, 0.25) is 0 Å². The summed E-state index contributed by atoms with van der Waals surface area (Å²) >= 11 is 0. The largest absolute Gasteiger partial charge is 0.495 e. The minimum Gasteiger partial charge on any atom is -0.495 e. The molecule has 0 aliphatic rings. The highest BCUT2D eigenvalue weighted by atomic mass is 19.3. The molecule has 0 radical (unpaired) electrons. The Balaban J connectivity index is 2.64. The number of nitrogens with two attached hydrogens (primary N) is 1. The van der Waals surface area contributed by atoms with Crippen LogP contribution < -0.4 is 10.5 Å². The molecule has 1 rings (SSSR count). The molecular formula is C11H16F2N2O. The predicted molar refractivity (Wildman–Crippen MR) is 59.7 cm³/mol. The van der Waals surface area contributed by atoms with E-state index in [9.17, 15) is 8.78 Å². The predicted octanol–water partition coefficient (Wildman–Crippen LogP) is 1.97. The van der Waals surface area contributed by atoms with Crippen molar-refractivity contribution in [3.05, 3.63) is 23.8 Å². The first-order valence-corrected chi connectivity index (χ1v) is 4.92. The lowest BCUT2D eigenvalue weighted by Crippen LogP contribution is -2.24. The summed E-state index contributed by atoms with van der Waals surface area (Å²) in [7, 11) is 3.18. The molecule has 0 aliphatic carbocycles. The van der Waals surface area contributed by atoms with Crippen LogP contribution in [0.3, 0.4) is 0 Å². The maximum atomic E-state index is 12.1. The summed E-state index contributed by atoms with van der Waals surface area (Å²) in [5.74, 6) is 0.597. The van der Waals surface area contributed by atoms with Crippen molar-refractivity contribution in [2.75, 3.05) is 26.4 Å². The number of alkyl halides is 2. The molecule has 5 heteroatoms. The van der Waals surface area contributed by atoms with Crippen molar-refractivity contribution < 1.29 is 13.5 Å². The van der Waals surface area contributed by atoms with Crippen LogP contribution >= 0.6 is 0 Å². The van der Waals surface area contributed by atoms with E-state index in [0.29, 0.717) is 18.0 Å². The third-order valence-corrected chi connectivity index (χ3v) is 2.20. The molecule has 90 valence electrons. The molecule has 1 aromatic carbocycles. The fraction of sp³-hybridized carbons (Fsp3) is 0.455. The SMILES string of the molecule is COc1ccc(CN(C)CC(F)F)cc1N. The van der Waals surface area contributed by atoms with E-state index < -0.39 is 6.43 Å². The Morgan fingerprint density at radius 3 is 2.62 bits per heavy atom. The van der Waals surface area contributed by atoms with Crippen LogP contribution in [0.2, 0.25) is 0 Å². The highest BCUT2D eigenvalue weighted by molar-refractivity contribution is 5.54. The van der Waals surface area contributed by atoms with Crippen LogP contribution in [0.15, 0.2) is 18.2 Å². The highest BCUT2D eigenvalue weighted by Gasteiger charge is 2.09. The minimum atomic E-state index is -2.32. The van der Waals surface area contributed by atoms with Gasteiger partial charge in [-0.2, -0.15) is 0 Å². The molecule has 0 saturated heterocycles. The minimum absolute atomic E-state index is 0.244. The van der Waals surface area contributed by atoms with E-state index in [4.69, 9.17) is 10.5 Å². The molecule has 0 amide bonds. The topological polar surface area (TPSA) is 38.5 Å². The molecule has 0 atom stereocenters. The van der Waals surface area contributed by atoms with Gasteiger partial charge in [-0.1, -0.05) is 6.07 Å². The number of nitrogens with zero attached hydrogens (tertiary/aromatic N) is 1. The average molecular weight is 230 g/mol. The summed E-state index contributed by atoms with van der Waals surface area (Å²) in [4.78, 5) is 1.55. The molecule has 16 heavy (non-hydrogen) atoms. The number of nitrogen functional groups attached to an aromatic ring is 1. The molecule has 0 saturated carbocycles. The number of ether oxygens (including phenoxy) is 1. The van der Waals surface area contributed by atoms with Gasteiger partial charge in [0, 0.05) is 6.54 Å². The van der Waals surface area contributed by atoms with Gasteiger partial charge >= 0.3 is 0 Å². The fourth-order valence-electron chi connectivity index (χ4n) is 1.49. The molecular weight excluding hydrogens is 214 g/mol. The van der Waals surface area contributed by atoms with E-state index in [1.807, 2.05) is 6.07 Å². The molecule has 0 bridgehead atoms. The lowest BCUT2D eigenvalue weighted by molar-refractivity contribution is 0.0975. The molecule has 0 aliphatic heterocycles.